The van der Waals surface area contributed by atoms with Crippen LogP contribution < -0.4 is 4.74 Å². The molecule has 2 aliphatic rings. The normalized spacial score (nSPS) is 18.9. The molecular weight excluding hydrogens is 466 g/mol. The number of ether oxygens (including phenoxy) is 2. The van der Waals surface area contributed by atoms with Gasteiger partial charge in [0.15, 0.2) is 6.10 Å². The van der Waals surface area contributed by atoms with Crippen LogP contribution in [0.15, 0.2) is 42.5 Å². The summed E-state index contributed by atoms with van der Waals surface area (Å²) in [5.74, 6) is 0.874. The fraction of sp³-hybridized carbons (Fsp3) is 0.533. The molecule has 2 unspecified atom stereocenters. The zero-order valence-electron chi connectivity index (χ0n) is 22.7. The van der Waals surface area contributed by atoms with E-state index in [1.165, 1.54) is 11.1 Å². The van der Waals surface area contributed by atoms with Crippen LogP contribution in [0.3, 0.4) is 0 Å². The quantitative estimate of drug-likeness (QED) is 0.516. The maximum absolute atomic E-state index is 13.3. The molecule has 2 aromatic carbocycles. The van der Waals surface area contributed by atoms with E-state index in [1.807, 2.05) is 35.8 Å². The van der Waals surface area contributed by atoms with Crippen LogP contribution in [-0.2, 0) is 20.7 Å². The minimum absolute atomic E-state index is 0.0458. The molecule has 0 aromatic heterocycles. The van der Waals surface area contributed by atoms with Gasteiger partial charge >= 0.3 is 0 Å². The Labute approximate surface area is 221 Å². The van der Waals surface area contributed by atoms with Crippen molar-refractivity contribution in [1.82, 2.24) is 14.7 Å². The van der Waals surface area contributed by atoms with E-state index in [0.29, 0.717) is 44.8 Å². The Bertz CT molecular complexity index is 1060. The number of amides is 2. The zero-order valence-corrected chi connectivity index (χ0v) is 22.7. The van der Waals surface area contributed by atoms with Gasteiger partial charge in [0.25, 0.3) is 5.91 Å². The number of methoxy groups -OCH3 is 1. The molecule has 2 heterocycles. The molecule has 0 bridgehead atoms. The Morgan fingerprint density at radius 1 is 1.00 bits per heavy atom. The van der Waals surface area contributed by atoms with Crippen molar-refractivity contribution >= 4 is 11.8 Å². The molecule has 4 rings (SSSR count). The number of carbonyl (C=O) groups is 2. The molecule has 0 saturated carbocycles. The molecule has 0 N–H and O–H groups in total. The maximum atomic E-state index is 13.3. The second-order valence-corrected chi connectivity index (χ2v) is 10.0. The van der Waals surface area contributed by atoms with E-state index in [2.05, 4.69) is 42.2 Å². The minimum atomic E-state index is -0.529. The van der Waals surface area contributed by atoms with Crippen molar-refractivity contribution in [2.75, 3.05) is 53.0 Å². The van der Waals surface area contributed by atoms with E-state index in [0.717, 1.165) is 37.2 Å². The van der Waals surface area contributed by atoms with Crippen LogP contribution in [0.2, 0.25) is 0 Å². The molecule has 7 nitrogen and oxygen atoms in total. The number of benzene rings is 2. The fourth-order valence-electron chi connectivity index (χ4n) is 5.33. The van der Waals surface area contributed by atoms with E-state index in [9.17, 15) is 9.59 Å². The molecule has 200 valence electrons. The van der Waals surface area contributed by atoms with Gasteiger partial charge < -0.3 is 19.3 Å². The third kappa shape index (κ3) is 6.33. The molecule has 0 radical (unpaired) electrons. The van der Waals surface area contributed by atoms with Gasteiger partial charge in [-0.2, -0.15) is 0 Å². The first-order valence-electron chi connectivity index (χ1n) is 13.6. The minimum Gasteiger partial charge on any atom is -0.481 e. The summed E-state index contributed by atoms with van der Waals surface area (Å²) < 4.78 is 11.5. The fourth-order valence-corrected chi connectivity index (χ4v) is 5.33. The van der Waals surface area contributed by atoms with E-state index in [-0.39, 0.29) is 17.9 Å². The lowest BCUT2D eigenvalue weighted by Crippen LogP contribution is -2.52. The number of rotatable bonds is 9. The lowest BCUT2D eigenvalue weighted by atomic mass is 9.87. The SMILES string of the molecule is CCC(=O)N1CCc2ccc(OC(CC)C(=O)N3CCN(CCOC)CC3)cc2C1c1ccc(C)cc1. The van der Waals surface area contributed by atoms with Crippen molar-refractivity contribution in [3.8, 4) is 5.75 Å². The van der Waals surface area contributed by atoms with Crippen LogP contribution in [0, 0.1) is 6.92 Å². The van der Waals surface area contributed by atoms with E-state index in [4.69, 9.17) is 9.47 Å². The van der Waals surface area contributed by atoms with Gasteiger partial charge in [0.2, 0.25) is 5.91 Å². The average Bonchev–Trinajstić information content (AvgIpc) is 2.94. The van der Waals surface area contributed by atoms with Crippen molar-refractivity contribution < 1.29 is 19.1 Å². The third-order valence-corrected chi connectivity index (χ3v) is 7.58. The lowest BCUT2D eigenvalue weighted by Gasteiger charge is -2.38. The summed E-state index contributed by atoms with van der Waals surface area (Å²) in [6, 6.07) is 14.4. The van der Waals surface area contributed by atoms with Crippen molar-refractivity contribution in [3.63, 3.8) is 0 Å². The van der Waals surface area contributed by atoms with Crippen molar-refractivity contribution in [2.45, 2.75) is 52.2 Å². The standard InChI is InChI=1S/C30H41N3O4/c1-5-27(30(35)32-17-15-31(16-18-32)19-20-36-4)37-25-12-11-23-13-14-33(28(34)6-2)29(26(23)21-25)24-9-7-22(3)8-10-24/h7-12,21,27,29H,5-6,13-20H2,1-4H3. The van der Waals surface area contributed by atoms with Crippen molar-refractivity contribution in [1.29, 1.82) is 0 Å². The number of hydrogen-bond donors (Lipinski definition) is 0. The third-order valence-electron chi connectivity index (χ3n) is 7.58. The molecule has 2 aliphatic heterocycles. The van der Waals surface area contributed by atoms with Crippen molar-refractivity contribution in [2.24, 2.45) is 0 Å². The average molecular weight is 508 g/mol. The summed E-state index contributed by atoms with van der Waals surface area (Å²) in [5.41, 5.74) is 4.60. The summed E-state index contributed by atoms with van der Waals surface area (Å²) in [6.45, 7) is 11.4. The molecule has 2 atom stereocenters. The maximum Gasteiger partial charge on any atom is 0.263 e. The highest BCUT2D eigenvalue weighted by Crippen LogP contribution is 2.38. The predicted octanol–water partition coefficient (Wildman–Crippen LogP) is 3.83. The second-order valence-electron chi connectivity index (χ2n) is 10.0. The largest absolute Gasteiger partial charge is 0.481 e. The Morgan fingerprint density at radius 2 is 1.73 bits per heavy atom. The molecule has 1 fully saturated rings. The molecular formula is C30H41N3O4. The Morgan fingerprint density at radius 3 is 2.38 bits per heavy atom. The number of hydrogen-bond acceptors (Lipinski definition) is 5. The monoisotopic (exact) mass is 507 g/mol. The highest BCUT2D eigenvalue weighted by molar-refractivity contribution is 5.81. The van der Waals surface area contributed by atoms with Crippen LogP contribution in [0.25, 0.3) is 0 Å². The van der Waals surface area contributed by atoms with Gasteiger partial charge in [-0.3, -0.25) is 14.5 Å². The van der Waals surface area contributed by atoms with E-state index >= 15 is 0 Å². The molecule has 2 aromatic rings. The Kier molecular flexibility index (Phi) is 9.22. The van der Waals surface area contributed by atoms with Gasteiger partial charge in [-0.1, -0.05) is 49.7 Å². The van der Waals surface area contributed by atoms with E-state index in [1.54, 1.807) is 7.11 Å². The summed E-state index contributed by atoms with van der Waals surface area (Å²) in [7, 11) is 1.71. The first-order chi connectivity index (χ1) is 17.9. The summed E-state index contributed by atoms with van der Waals surface area (Å²) in [4.78, 5) is 32.5. The zero-order chi connectivity index (χ0) is 26.4. The van der Waals surface area contributed by atoms with Gasteiger partial charge in [-0.05, 0) is 48.6 Å². The van der Waals surface area contributed by atoms with Gasteiger partial charge in [0.05, 0.1) is 12.6 Å². The highest BCUT2D eigenvalue weighted by atomic mass is 16.5. The van der Waals surface area contributed by atoms with Crippen LogP contribution in [0.5, 0.6) is 5.75 Å². The molecule has 7 heteroatoms. The Hall–Kier alpha value is -2.90. The molecule has 2 amide bonds. The van der Waals surface area contributed by atoms with Crippen LogP contribution >= 0.6 is 0 Å². The molecule has 0 aliphatic carbocycles. The first kappa shape index (κ1) is 27.1. The lowest BCUT2D eigenvalue weighted by molar-refractivity contribution is -0.140. The van der Waals surface area contributed by atoms with Crippen LogP contribution in [-0.4, -0.2) is 85.6 Å². The number of piperazine rings is 1. The number of carbonyl (C=O) groups excluding carboxylic acids is 2. The smallest absolute Gasteiger partial charge is 0.263 e. The number of nitrogens with zero attached hydrogens (tertiary/aromatic N) is 3. The van der Waals surface area contributed by atoms with Gasteiger partial charge in [-0.25, -0.2) is 0 Å². The van der Waals surface area contributed by atoms with Crippen molar-refractivity contribution in [3.05, 3.63) is 64.7 Å². The summed E-state index contributed by atoms with van der Waals surface area (Å²) in [5, 5.41) is 0. The number of fused-ring (bicyclic) bond motifs is 1. The Balaban J connectivity index is 1.53. The summed E-state index contributed by atoms with van der Waals surface area (Å²) in [6.07, 6.45) is 1.35. The molecule has 0 spiro atoms. The van der Waals surface area contributed by atoms with Gasteiger partial charge in [0, 0.05) is 52.8 Å². The highest BCUT2D eigenvalue weighted by Gasteiger charge is 2.33. The summed E-state index contributed by atoms with van der Waals surface area (Å²) >= 11 is 0. The van der Waals surface area contributed by atoms with Crippen LogP contribution in [0.4, 0.5) is 0 Å². The molecule has 1 saturated heterocycles. The molecule has 37 heavy (non-hydrogen) atoms. The predicted molar refractivity (Wildman–Crippen MR) is 145 cm³/mol. The van der Waals surface area contributed by atoms with Gasteiger partial charge in [0.1, 0.15) is 5.75 Å². The topological polar surface area (TPSA) is 62.3 Å². The second kappa shape index (κ2) is 12.6. The number of aryl methyl sites for hydroxylation is 1. The van der Waals surface area contributed by atoms with Crippen LogP contribution in [0.1, 0.15) is 55.0 Å². The van der Waals surface area contributed by atoms with E-state index < -0.39 is 6.10 Å². The van der Waals surface area contributed by atoms with Gasteiger partial charge in [-0.15, -0.1) is 0 Å². The first-order valence-corrected chi connectivity index (χ1v) is 13.6.